The normalized spacial score (nSPS) is 17.0. The van der Waals surface area contributed by atoms with Gasteiger partial charge in [-0.2, -0.15) is 0 Å². The summed E-state index contributed by atoms with van der Waals surface area (Å²) < 4.78 is 0. The lowest BCUT2D eigenvalue weighted by Crippen LogP contribution is -2.43. The van der Waals surface area contributed by atoms with E-state index in [1.807, 2.05) is 24.3 Å². The number of carbonyl (C=O) groups excluding carboxylic acids is 2. The zero-order valence-corrected chi connectivity index (χ0v) is 16.5. The molecule has 5 heteroatoms. The fourth-order valence-electron chi connectivity index (χ4n) is 3.50. The van der Waals surface area contributed by atoms with Crippen molar-refractivity contribution in [1.82, 2.24) is 4.90 Å². The van der Waals surface area contributed by atoms with Gasteiger partial charge in [-0.05, 0) is 54.7 Å². The Morgan fingerprint density at radius 3 is 2.52 bits per heavy atom. The van der Waals surface area contributed by atoms with Crippen molar-refractivity contribution in [3.63, 3.8) is 0 Å². The highest BCUT2D eigenvalue weighted by Gasteiger charge is 2.29. The van der Waals surface area contributed by atoms with Crippen LogP contribution >= 0.6 is 11.6 Å². The van der Waals surface area contributed by atoms with Crippen molar-refractivity contribution in [2.45, 2.75) is 32.6 Å². The molecule has 4 nitrogen and oxygen atoms in total. The Labute approximate surface area is 165 Å². The van der Waals surface area contributed by atoms with Gasteiger partial charge in [-0.15, -0.1) is 0 Å². The number of piperidine rings is 1. The first-order chi connectivity index (χ1) is 13.0. The van der Waals surface area contributed by atoms with Crippen LogP contribution in [0.25, 0.3) is 0 Å². The molecule has 1 aliphatic rings. The van der Waals surface area contributed by atoms with E-state index < -0.39 is 0 Å². The third-order valence-electron chi connectivity index (χ3n) is 5.01. The Morgan fingerprint density at radius 2 is 1.81 bits per heavy atom. The molecule has 0 spiro atoms. The van der Waals surface area contributed by atoms with Crippen molar-refractivity contribution in [3.05, 3.63) is 64.7 Å². The fraction of sp³-hybridized carbons (Fsp3) is 0.364. The van der Waals surface area contributed by atoms with E-state index in [-0.39, 0.29) is 17.7 Å². The van der Waals surface area contributed by atoms with Gasteiger partial charge in [0.05, 0.1) is 5.92 Å². The third kappa shape index (κ3) is 4.69. The van der Waals surface area contributed by atoms with Crippen molar-refractivity contribution < 1.29 is 9.59 Å². The lowest BCUT2D eigenvalue weighted by atomic mass is 9.95. The molecule has 0 bridgehead atoms. The zero-order valence-electron chi connectivity index (χ0n) is 15.7. The van der Waals surface area contributed by atoms with E-state index >= 15 is 0 Å². The van der Waals surface area contributed by atoms with E-state index in [0.29, 0.717) is 29.6 Å². The van der Waals surface area contributed by atoms with Gasteiger partial charge >= 0.3 is 0 Å². The molecule has 2 aromatic carbocycles. The Bertz CT molecular complexity index is 817. The summed E-state index contributed by atoms with van der Waals surface area (Å²) in [6.07, 6.45) is 1.61. The number of halogens is 1. The predicted octanol–water partition coefficient (Wildman–Crippen LogP) is 4.95. The number of para-hydroxylation sites is 1. The van der Waals surface area contributed by atoms with Crippen LogP contribution in [-0.2, 0) is 4.79 Å². The lowest BCUT2D eigenvalue weighted by molar-refractivity contribution is -0.121. The number of hydrogen-bond acceptors (Lipinski definition) is 2. The smallest absolute Gasteiger partial charge is 0.253 e. The minimum absolute atomic E-state index is 0.0169. The van der Waals surface area contributed by atoms with E-state index in [9.17, 15) is 9.59 Å². The zero-order chi connectivity index (χ0) is 19.4. The van der Waals surface area contributed by atoms with Crippen molar-refractivity contribution >= 4 is 29.1 Å². The van der Waals surface area contributed by atoms with Gasteiger partial charge in [-0.25, -0.2) is 0 Å². The molecule has 0 saturated carbocycles. The Hall–Kier alpha value is -2.33. The van der Waals surface area contributed by atoms with Crippen LogP contribution in [0, 0.1) is 5.92 Å². The minimum atomic E-state index is -0.199. The number of nitrogens with one attached hydrogen (secondary N) is 1. The molecule has 27 heavy (non-hydrogen) atoms. The molecule has 1 atom stereocenters. The largest absolute Gasteiger partial charge is 0.338 e. The average Bonchev–Trinajstić information content (AvgIpc) is 2.68. The van der Waals surface area contributed by atoms with Crippen LogP contribution in [-0.4, -0.2) is 29.8 Å². The second-order valence-electron chi connectivity index (χ2n) is 7.33. The topological polar surface area (TPSA) is 49.4 Å². The van der Waals surface area contributed by atoms with Crippen molar-refractivity contribution in [2.75, 3.05) is 18.4 Å². The van der Waals surface area contributed by atoms with Gasteiger partial charge in [0, 0.05) is 29.4 Å². The van der Waals surface area contributed by atoms with E-state index in [1.165, 1.54) is 0 Å². The van der Waals surface area contributed by atoms with Crippen molar-refractivity contribution in [1.29, 1.82) is 0 Å². The summed E-state index contributed by atoms with van der Waals surface area (Å²) in [5.74, 6) is 0.0644. The molecule has 0 unspecified atom stereocenters. The van der Waals surface area contributed by atoms with Crippen LogP contribution in [0.5, 0.6) is 0 Å². The summed E-state index contributed by atoms with van der Waals surface area (Å²) in [6.45, 7) is 5.33. The predicted molar refractivity (Wildman–Crippen MR) is 109 cm³/mol. The quantitative estimate of drug-likeness (QED) is 0.810. The van der Waals surface area contributed by atoms with E-state index in [2.05, 4.69) is 19.2 Å². The highest BCUT2D eigenvalue weighted by molar-refractivity contribution is 6.30. The van der Waals surface area contributed by atoms with Crippen LogP contribution in [0.15, 0.2) is 48.5 Å². The molecule has 142 valence electrons. The molecular formula is C22H25ClN2O2. The van der Waals surface area contributed by atoms with Gasteiger partial charge in [0.25, 0.3) is 5.91 Å². The molecule has 3 rings (SSSR count). The molecule has 1 heterocycles. The number of hydrogen-bond donors (Lipinski definition) is 1. The first kappa shape index (κ1) is 19.4. The summed E-state index contributed by atoms with van der Waals surface area (Å²) in [4.78, 5) is 27.3. The van der Waals surface area contributed by atoms with Gasteiger partial charge in [0.1, 0.15) is 0 Å². The summed E-state index contributed by atoms with van der Waals surface area (Å²) in [7, 11) is 0. The minimum Gasteiger partial charge on any atom is -0.338 e. The highest BCUT2D eigenvalue weighted by Crippen LogP contribution is 2.26. The molecule has 2 aromatic rings. The van der Waals surface area contributed by atoms with Crippen LogP contribution < -0.4 is 5.32 Å². The second kappa shape index (κ2) is 8.57. The number of anilines is 1. The molecule has 1 saturated heterocycles. The summed E-state index contributed by atoms with van der Waals surface area (Å²) >= 11 is 5.90. The maximum Gasteiger partial charge on any atom is 0.253 e. The Kier molecular flexibility index (Phi) is 6.17. The Morgan fingerprint density at radius 1 is 1.11 bits per heavy atom. The number of rotatable bonds is 4. The summed E-state index contributed by atoms with van der Waals surface area (Å²) in [5, 5.41) is 3.68. The first-order valence-electron chi connectivity index (χ1n) is 9.40. The van der Waals surface area contributed by atoms with Gasteiger partial charge < -0.3 is 10.2 Å². The highest BCUT2D eigenvalue weighted by atomic mass is 35.5. The number of amides is 2. The molecule has 1 aliphatic heterocycles. The molecule has 0 radical (unpaired) electrons. The maximum atomic E-state index is 12.8. The molecule has 1 fully saturated rings. The van der Waals surface area contributed by atoms with Gasteiger partial charge in [0.2, 0.25) is 5.91 Å². The van der Waals surface area contributed by atoms with E-state index in [4.69, 9.17) is 11.6 Å². The standard InChI is InChI=1S/C22H25ClN2O2/c1-15(2)19-7-3-4-8-20(19)24-21(26)17-6-5-13-25(14-17)22(27)16-9-11-18(23)12-10-16/h3-4,7-12,15,17H,5-6,13-14H2,1-2H3,(H,24,26)/t17-/m0/s1. The number of carbonyl (C=O) groups is 2. The van der Waals surface area contributed by atoms with Crippen LogP contribution in [0.2, 0.25) is 5.02 Å². The lowest BCUT2D eigenvalue weighted by Gasteiger charge is -2.32. The first-order valence-corrected chi connectivity index (χ1v) is 9.78. The number of likely N-dealkylation sites (tertiary alicyclic amines) is 1. The monoisotopic (exact) mass is 384 g/mol. The van der Waals surface area contributed by atoms with E-state index in [0.717, 1.165) is 24.1 Å². The molecule has 0 aliphatic carbocycles. The molecule has 0 aromatic heterocycles. The molecule has 1 N–H and O–H groups in total. The van der Waals surface area contributed by atoms with Gasteiger partial charge in [-0.1, -0.05) is 43.6 Å². The van der Waals surface area contributed by atoms with E-state index in [1.54, 1.807) is 29.2 Å². The summed E-state index contributed by atoms with van der Waals surface area (Å²) in [6, 6.07) is 14.8. The molecule has 2 amide bonds. The summed E-state index contributed by atoms with van der Waals surface area (Å²) in [5.41, 5.74) is 2.58. The van der Waals surface area contributed by atoms with Gasteiger partial charge in [0.15, 0.2) is 0 Å². The fourth-order valence-corrected chi connectivity index (χ4v) is 3.63. The van der Waals surface area contributed by atoms with Crippen molar-refractivity contribution in [3.8, 4) is 0 Å². The van der Waals surface area contributed by atoms with Gasteiger partial charge in [-0.3, -0.25) is 9.59 Å². The second-order valence-corrected chi connectivity index (χ2v) is 7.76. The Balaban J connectivity index is 1.68. The number of nitrogens with zero attached hydrogens (tertiary/aromatic N) is 1. The SMILES string of the molecule is CC(C)c1ccccc1NC(=O)[C@H]1CCCN(C(=O)c2ccc(Cl)cc2)C1. The van der Waals surface area contributed by atoms with Crippen molar-refractivity contribution in [2.24, 2.45) is 5.92 Å². The maximum absolute atomic E-state index is 12.8. The number of benzene rings is 2. The van der Waals surface area contributed by atoms with Crippen LogP contribution in [0.3, 0.4) is 0 Å². The third-order valence-corrected chi connectivity index (χ3v) is 5.26. The average molecular weight is 385 g/mol. The van der Waals surface area contributed by atoms with Crippen LogP contribution in [0.4, 0.5) is 5.69 Å². The molecular weight excluding hydrogens is 360 g/mol. The van der Waals surface area contributed by atoms with Crippen LogP contribution in [0.1, 0.15) is 48.5 Å².